The second-order valence-electron chi connectivity index (χ2n) is 7.96. The van der Waals surface area contributed by atoms with E-state index in [2.05, 4.69) is 42.5 Å². The summed E-state index contributed by atoms with van der Waals surface area (Å²) in [7, 11) is 0. The van der Waals surface area contributed by atoms with Crippen LogP contribution >= 0.6 is 0 Å². The van der Waals surface area contributed by atoms with E-state index in [-0.39, 0.29) is 0 Å². The number of likely N-dealkylation sites (tertiary alicyclic amines) is 1. The highest BCUT2D eigenvalue weighted by molar-refractivity contribution is 5.92. The Kier molecular flexibility index (Phi) is 3.97. The molecule has 0 spiro atoms. The summed E-state index contributed by atoms with van der Waals surface area (Å²) in [5.41, 5.74) is 9.13. The van der Waals surface area contributed by atoms with Gasteiger partial charge >= 0.3 is 0 Å². The smallest absolute Gasteiger partial charge is 0.222 e. The molecule has 27 heavy (non-hydrogen) atoms. The highest BCUT2D eigenvalue weighted by atomic mass is 15.2. The van der Waals surface area contributed by atoms with Crippen LogP contribution in [0.4, 0.5) is 11.8 Å². The number of hydrogen-bond acceptors (Lipinski definition) is 6. The maximum Gasteiger partial charge on any atom is 0.222 e. The van der Waals surface area contributed by atoms with Gasteiger partial charge in [0.2, 0.25) is 5.95 Å². The van der Waals surface area contributed by atoms with Crippen molar-refractivity contribution < 1.29 is 0 Å². The van der Waals surface area contributed by atoms with Crippen molar-refractivity contribution in [3.8, 4) is 11.3 Å². The van der Waals surface area contributed by atoms with E-state index in [4.69, 9.17) is 5.73 Å². The van der Waals surface area contributed by atoms with Gasteiger partial charge in [-0.25, -0.2) is 4.98 Å². The Balaban J connectivity index is 1.38. The van der Waals surface area contributed by atoms with Crippen LogP contribution < -0.4 is 11.1 Å². The van der Waals surface area contributed by atoms with Gasteiger partial charge in [-0.2, -0.15) is 10.1 Å². The van der Waals surface area contributed by atoms with E-state index in [0.717, 1.165) is 34.5 Å². The molecule has 3 aromatic rings. The molecule has 7 heteroatoms. The lowest BCUT2D eigenvalue weighted by atomic mass is 10.1. The molecule has 1 aromatic carbocycles. The predicted octanol–water partition coefficient (Wildman–Crippen LogP) is 2.89. The minimum atomic E-state index is 0.300. The number of rotatable bonds is 6. The van der Waals surface area contributed by atoms with Crippen molar-refractivity contribution in [1.29, 1.82) is 0 Å². The molecule has 1 aliphatic heterocycles. The molecule has 1 saturated carbocycles. The maximum absolute atomic E-state index is 5.99. The molecule has 4 N–H and O–H groups in total. The molecular weight excluding hydrogens is 338 g/mol. The molecule has 7 nitrogen and oxygen atoms in total. The lowest BCUT2D eigenvalue weighted by Gasteiger charge is -2.23. The number of nitrogens with two attached hydrogens (primary N) is 1. The molecule has 0 bridgehead atoms. The molecule has 2 aliphatic rings. The largest absolute Gasteiger partial charge is 0.369 e. The van der Waals surface area contributed by atoms with E-state index in [0.29, 0.717) is 11.4 Å². The van der Waals surface area contributed by atoms with Crippen molar-refractivity contribution >= 4 is 22.7 Å². The normalized spacial score (nSPS) is 18.8. The SMILES string of the molecule is Nc1nc(NCC2(CN3CCCC3)CC2)c2ccc(-c3cc[nH]n3)cc2n1. The standard InChI is InChI=1S/C20H25N7/c21-19-24-17-11-14(16-5-8-23-26-16)3-4-15(17)18(25-19)22-12-20(6-7-20)13-27-9-1-2-10-27/h3-5,8,11H,1-2,6-7,9-10,12-13H2,(H,23,26)(H3,21,22,24,25). The summed E-state index contributed by atoms with van der Waals surface area (Å²) in [6.07, 6.45) is 7.08. The van der Waals surface area contributed by atoms with Crippen molar-refractivity contribution in [1.82, 2.24) is 25.1 Å². The van der Waals surface area contributed by atoms with Gasteiger partial charge in [0.05, 0.1) is 11.2 Å². The highest BCUT2D eigenvalue weighted by Crippen LogP contribution is 2.47. The van der Waals surface area contributed by atoms with Gasteiger partial charge in [0, 0.05) is 35.7 Å². The second kappa shape index (κ2) is 6.49. The van der Waals surface area contributed by atoms with Gasteiger partial charge in [-0.3, -0.25) is 5.10 Å². The number of aromatic nitrogens is 4. The number of benzene rings is 1. The summed E-state index contributed by atoms with van der Waals surface area (Å²) in [6, 6.07) is 8.08. The van der Waals surface area contributed by atoms with Crippen LogP contribution in [0.15, 0.2) is 30.5 Å². The summed E-state index contributed by atoms with van der Waals surface area (Å²) in [5.74, 6) is 1.13. The van der Waals surface area contributed by atoms with Crippen molar-refractivity contribution in [2.45, 2.75) is 25.7 Å². The van der Waals surface area contributed by atoms with Crippen LogP contribution in [0, 0.1) is 5.41 Å². The van der Waals surface area contributed by atoms with Crippen molar-refractivity contribution in [3.05, 3.63) is 30.5 Å². The summed E-state index contributed by atoms with van der Waals surface area (Å²) in [6.45, 7) is 4.64. The summed E-state index contributed by atoms with van der Waals surface area (Å²) in [4.78, 5) is 11.5. The van der Waals surface area contributed by atoms with Crippen molar-refractivity contribution in [3.63, 3.8) is 0 Å². The van der Waals surface area contributed by atoms with Gasteiger partial charge in [0.25, 0.3) is 0 Å². The Morgan fingerprint density at radius 1 is 1.15 bits per heavy atom. The van der Waals surface area contributed by atoms with Crippen LogP contribution in [-0.2, 0) is 0 Å². The third-order valence-electron chi connectivity index (χ3n) is 5.86. The third-order valence-corrected chi connectivity index (χ3v) is 5.86. The summed E-state index contributed by atoms with van der Waals surface area (Å²) < 4.78 is 0. The zero-order chi connectivity index (χ0) is 18.3. The van der Waals surface area contributed by atoms with Crippen LogP contribution in [0.1, 0.15) is 25.7 Å². The average Bonchev–Trinajstić information content (AvgIpc) is 3.06. The van der Waals surface area contributed by atoms with Gasteiger partial charge in [-0.1, -0.05) is 6.07 Å². The number of nitrogen functional groups attached to an aromatic ring is 1. The van der Waals surface area contributed by atoms with E-state index in [1.54, 1.807) is 0 Å². The molecule has 2 fully saturated rings. The van der Waals surface area contributed by atoms with E-state index >= 15 is 0 Å². The fourth-order valence-corrected chi connectivity index (χ4v) is 4.12. The Morgan fingerprint density at radius 2 is 2.00 bits per heavy atom. The number of nitrogens with one attached hydrogen (secondary N) is 2. The number of hydrogen-bond donors (Lipinski definition) is 3. The van der Waals surface area contributed by atoms with E-state index in [1.807, 2.05) is 18.3 Å². The quantitative estimate of drug-likeness (QED) is 0.623. The lowest BCUT2D eigenvalue weighted by molar-refractivity contribution is 0.271. The Morgan fingerprint density at radius 3 is 2.74 bits per heavy atom. The monoisotopic (exact) mass is 363 g/mol. The first-order valence-corrected chi connectivity index (χ1v) is 9.75. The minimum absolute atomic E-state index is 0.300. The van der Waals surface area contributed by atoms with E-state index in [1.165, 1.54) is 45.3 Å². The van der Waals surface area contributed by atoms with Crippen LogP contribution in [0.5, 0.6) is 0 Å². The van der Waals surface area contributed by atoms with Crippen LogP contribution in [0.3, 0.4) is 0 Å². The van der Waals surface area contributed by atoms with Gasteiger partial charge in [0.15, 0.2) is 0 Å². The number of fused-ring (bicyclic) bond motifs is 1. The first-order chi connectivity index (χ1) is 13.2. The second-order valence-corrected chi connectivity index (χ2v) is 7.96. The first-order valence-electron chi connectivity index (χ1n) is 9.75. The molecule has 1 aliphatic carbocycles. The molecule has 0 atom stereocenters. The predicted molar refractivity (Wildman–Crippen MR) is 107 cm³/mol. The number of aromatic amines is 1. The number of nitrogens with zero attached hydrogens (tertiary/aromatic N) is 4. The van der Waals surface area contributed by atoms with Gasteiger partial charge in [0.1, 0.15) is 5.82 Å². The molecular formula is C20H25N7. The fourth-order valence-electron chi connectivity index (χ4n) is 4.12. The Hall–Kier alpha value is -2.67. The van der Waals surface area contributed by atoms with Gasteiger partial charge < -0.3 is 16.0 Å². The van der Waals surface area contributed by atoms with Crippen LogP contribution in [-0.4, -0.2) is 51.2 Å². The van der Waals surface area contributed by atoms with Gasteiger partial charge in [-0.15, -0.1) is 0 Å². The fraction of sp³-hybridized carbons (Fsp3) is 0.450. The molecule has 1 saturated heterocycles. The zero-order valence-corrected chi connectivity index (χ0v) is 15.4. The molecule has 5 rings (SSSR count). The molecule has 2 aromatic heterocycles. The number of anilines is 2. The first kappa shape index (κ1) is 16.5. The molecule has 3 heterocycles. The van der Waals surface area contributed by atoms with E-state index < -0.39 is 0 Å². The maximum atomic E-state index is 5.99. The summed E-state index contributed by atoms with van der Waals surface area (Å²) >= 11 is 0. The van der Waals surface area contributed by atoms with E-state index in [9.17, 15) is 0 Å². The molecule has 0 amide bonds. The Labute approximate surface area is 158 Å². The average molecular weight is 363 g/mol. The topological polar surface area (TPSA) is 95.8 Å². The molecule has 140 valence electrons. The van der Waals surface area contributed by atoms with Crippen LogP contribution in [0.2, 0.25) is 0 Å². The molecule has 0 radical (unpaired) electrons. The Bertz CT molecular complexity index is 940. The lowest BCUT2D eigenvalue weighted by Crippen LogP contribution is -2.32. The highest BCUT2D eigenvalue weighted by Gasteiger charge is 2.44. The van der Waals surface area contributed by atoms with Crippen LogP contribution in [0.25, 0.3) is 22.2 Å². The zero-order valence-electron chi connectivity index (χ0n) is 15.4. The number of H-pyrrole nitrogens is 1. The molecule has 0 unspecified atom stereocenters. The summed E-state index contributed by atoms with van der Waals surface area (Å²) in [5, 5.41) is 11.7. The van der Waals surface area contributed by atoms with Crippen molar-refractivity contribution in [2.75, 3.05) is 37.2 Å². The third kappa shape index (κ3) is 3.35. The van der Waals surface area contributed by atoms with Gasteiger partial charge in [-0.05, 0) is 57.0 Å². The minimum Gasteiger partial charge on any atom is -0.369 e. The van der Waals surface area contributed by atoms with Crippen molar-refractivity contribution in [2.24, 2.45) is 5.41 Å².